The quantitative estimate of drug-likeness (QED) is 0.486. The highest BCUT2D eigenvalue weighted by Crippen LogP contribution is 2.59. The van der Waals surface area contributed by atoms with Crippen molar-refractivity contribution >= 4 is 17.7 Å². The molecule has 0 spiro atoms. The Balaban J connectivity index is 1.26. The van der Waals surface area contributed by atoms with E-state index >= 15 is 0 Å². The molecule has 7 aliphatic rings. The van der Waals surface area contributed by atoms with Crippen LogP contribution in [-0.2, 0) is 14.4 Å². The monoisotopic (exact) mass is 511 g/mol. The molecule has 7 fully saturated rings. The van der Waals surface area contributed by atoms with Crippen LogP contribution in [0.2, 0.25) is 0 Å². The highest BCUT2D eigenvalue weighted by molar-refractivity contribution is 5.94. The fourth-order valence-corrected chi connectivity index (χ4v) is 8.95. The number of rotatable bonds is 6. The molecule has 202 valence electrons. The molecule has 0 aromatic rings. The first-order valence-corrected chi connectivity index (χ1v) is 14.4. The zero-order valence-electron chi connectivity index (χ0n) is 22.0. The van der Waals surface area contributed by atoms with Crippen molar-refractivity contribution in [3.8, 4) is 6.07 Å². The van der Waals surface area contributed by atoms with Crippen LogP contribution >= 0.6 is 0 Å². The second-order valence-corrected chi connectivity index (χ2v) is 13.4. The number of likely N-dealkylation sites (tertiary alicyclic amines) is 2. The van der Waals surface area contributed by atoms with Crippen molar-refractivity contribution in [2.75, 3.05) is 13.1 Å². The molecule has 5 aliphatic carbocycles. The van der Waals surface area contributed by atoms with Crippen LogP contribution in [0.4, 0.5) is 0 Å². The maximum Gasteiger partial charge on any atom is 0.246 e. The number of nitriles is 1. The standard InChI is InChI=1S/C28H41N5O4/c1-14(2)23(30)26(35)32-5-3-4-20(32)25(34)31-24(27(36)33-13-18-8-19(18)21(33)12-29)22-16-6-15-7-17(22)11-28(37,9-15)10-16/h14-24,37H,3-11,13,30H2,1-2H3,(H,31,34)/t15?,16?,17?,18?,19?,20?,21?,22?,23-,24?,28?/m1/s1. The molecule has 7 rings (SSSR count). The van der Waals surface area contributed by atoms with E-state index in [1.807, 2.05) is 13.8 Å². The number of nitrogens with zero attached hydrogens (tertiary/aromatic N) is 3. The number of aliphatic hydroxyl groups is 1. The highest BCUT2D eigenvalue weighted by Gasteiger charge is 2.60. The summed E-state index contributed by atoms with van der Waals surface area (Å²) in [5.41, 5.74) is 5.51. The summed E-state index contributed by atoms with van der Waals surface area (Å²) in [7, 11) is 0. The molecule has 2 saturated heterocycles. The minimum absolute atomic E-state index is 0.0329. The SMILES string of the molecule is CC(C)[C@@H](N)C(=O)N1CCCC1C(=O)NC(C(=O)N1CC2CC2C1C#N)C1C2CC3CC1CC(O)(C3)C2. The van der Waals surface area contributed by atoms with E-state index < -0.39 is 29.8 Å². The van der Waals surface area contributed by atoms with Crippen LogP contribution in [0, 0.1) is 52.8 Å². The van der Waals surface area contributed by atoms with E-state index in [-0.39, 0.29) is 47.3 Å². The van der Waals surface area contributed by atoms with E-state index in [9.17, 15) is 24.8 Å². The van der Waals surface area contributed by atoms with Crippen LogP contribution in [-0.4, -0.2) is 75.5 Å². The molecule has 0 radical (unpaired) electrons. The van der Waals surface area contributed by atoms with Crippen molar-refractivity contribution in [1.82, 2.24) is 15.1 Å². The average molecular weight is 512 g/mol. The van der Waals surface area contributed by atoms with Gasteiger partial charge in [-0.05, 0) is 92.8 Å². The van der Waals surface area contributed by atoms with Crippen molar-refractivity contribution in [3.63, 3.8) is 0 Å². The lowest BCUT2D eigenvalue weighted by molar-refractivity contribution is -0.168. The first-order valence-electron chi connectivity index (χ1n) is 14.4. The Morgan fingerprint density at radius 3 is 2.38 bits per heavy atom. The third-order valence-corrected chi connectivity index (χ3v) is 10.7. The molecular weight excluding hydrogens is 470 g/mol. The molecule has 2 aliphatic heterocycles. The van der Waals surface area contributed by atoms with Crippen LogP contribution < -0.4 is 11.1 Å². The number of amides is 3. The Morgan fingerprint density at radius 1 is 1.05 bits per heavy atom. The maximum atomic E-state index is 14.1. The maximum absolute atomic E-state index is 14.1. The Morgan fingerprint density at radius 2 is 1.76 bits per heavy atom. The summed E-state index contributed by atoms with van der Waals surface area (Å²) in [6.07, 6.45) is 6.43. The summed E-state index contributed by atoms with van der Waals surface area (Å²) in [6.45, 7) is 4.87. The molecule has 9 heteroatoms. The van der Waals surface area contributed by atoms with Crippen LogP contribution in [0.25, 0.3) is 0 Å². The topological polar surface area (TPSA) is 140 Å². The molecule has 0 aromatic carbocycles. The summed E-state index contributed by atoms with van der Waals surface area (Å²) < 4.78 is 0. The van der Waals surface area contributed by atoms with Gasteiger partial charge in [0.2, 0.25) is 17.7 Å². The van der Waals surface area contributed by atoms with Gasteiger partial charge in [0.15, 0.2) is 0 Å². The molecule has 7 unspecified atom stereocenters. The van der Waals surface area contributed by atoms with Gasteiger partial charge in [0.05, 0.1) is 17.7 Å². The lowest BCUT2D eigenvalue weighted by Gasteiger charge is -2.59. The second-order valence-electron chi connectivity index (χ2n) is 13.4. The van der Waals surface area contributed by atoms with Gasteiger partial charge in [-0.1, -0.05) is 13.8 Å². The van der Waals surface area contributed by atoms with Crippen molar-refractivity contribution in [2.24, 2.45) is 47.2 Å². The second kappa shape index (κ2) is 8.94. The number of hydrogen-bond donors (Lipinski definition) is 3. The van der Waals surface area contributed by atoms with Gasteiger partial charge >= 0.3 is 0 Å². The molecular formula is C28H41N5O4. The van der Waals surface area contributed by atoms with Crippen molar-refractivity contribution in [2.45, 2.75) is 95.0 Å². The van der Waals surface area contributed by atoms with E-state index in [2.05, 4.69) is 11.4 Å². The Hall–Kier alpha value is -2.18. The predicted octanol–water partition coefficient (Wildman–Crippen LogP) is 1.00. The smallest absolute Gasteiger partial charge is 0.246 e. The Labute approximate surface area is 219 Å². The molecule has 4 N–H and O–H groups in total. The number of hydrogen-bond acceptors (Lipinski definition) is 6. The summed E-state index contributed by atoms with van der Waals surface area (Å²) in [4.78, 5) is 44.3. The van der Waals surface area contributed by atoms with Gasteiger partial charge in [-0.15, -0.1) is 0 Å². The van der Waals surface area contributed by atoms with Gasteiger partial charge in [0.1, 0.15) is 18.1 Å². The van der Waals surface area contributed by atoms with Gasteiger partial charge in [-0.3, -0.25) is 14.4 Å². The molecule has 8 atom stereocenters. The zero-order chi connectivity index (χ0) is 26.2. The van der Waals surface area contributed by atoms with Gasteiger partial charge in [-0.25, -0.2) is 0 Å². The first-order chi connectivity index (χ1) is 17.6. The molecule has 0 aromatic heterocycles. The fraction of sp³-hybridized carbons (Fsp3) is 0.857. The van der Waals surface area contributed by atoms with Gasteiger partial charge in [-0.2, -0.15) is 5.26 Å². The molecule has 37 heavy (non-hydrogen) atoms. The minimum atomic E-state index is -0.726. The first kappa shape index (κ1) is 25.1. The highest BCUT2D eigenvalue weighted by atomic mass is 16.3. The van der Waals surface area contributed by atoms with Gasteiger partial charge in [0, 0.05) is 13.1 Å². The van der Waals surface area contributed by atoms with Crippen LogP contribution in [0.1, 0.15) is 65.2 Å². The number of carbonyl (C=O) groups is 3. The summed E-state index contributed by atoms with van der Waals surface area (Å²) in [5.74, 6) is 0.764. The van der Waals surface area contributed by atoms with E-state index in [1.165, 1.54) is 0 Å². The third-order valence-electron chi connectivity index (χ3n) is 10.7. The normalized spacial score (nSPS) is 42.9. The van der Waals surface area contributed by atoms with Crippen LogP contribution in [0.3, 0.4) is 0 Å². The largest absolute Gasteiger partial charge is 0.390 e. The predicted molar refractivity (Wildman–Crippen MR) is 134 cm³/mol. The minimum Gasteiger partial charge on any atom is -0.390 e. The van der Waals surface area contributed by atoms with E-state index in [0.717, 1.165) is 32.1 Å². The van der Waals surface area contributed by atoms with E-state index in [0.29, 0.717) is 44.2 Å². The molecule has 4 bridgehead atoms. The van der Waals surface area contributed by atoms with Crippen LogP contribution in [0.5, 0.6) is 0 Å². The molecule has 5 saturated carbocycles. The Kier molecular flexibility index (Phi) is 6.07. The summed E-state index contributed by atoms with van der Waals surface area (Å²) in [6, 6.07) is -0.0922. The summed E-state index contributed by atoms with van der Waals surface area (Å²) >= 11 is 0. The van der Waals surface area contributed by atoms with Crippen molar-refractivity contribution in [3.05, 3.63) is 0 Å². The molecule has 2 heterocycles. The summed E-state index contributed by atoms with van der Waals surface area (Å²) in [5, 5.41) is 24.1. The molecule has 3 amide bonds. The lowest BCUT2D eigenvalue weighted by Crippen LogP contribution is -2.65. The number of carbonyl (C=O) groups excluding carboxylic acids is 3. The lowest BCUT2D eigenvalue weighted by atomic mass is 9.49. The van der Waals surface area contributed by atoms with Gasteiger partial charge in [0.25, 0.3) is 0 Å². The van der Waals surface area contributed by atoms with E-state index in [4.69, 9.17) is 5.73 Å². The van der Waals surface area contributed by atoms with Crippen molar-refractivity contribution < 1.29 is 19.5 Å². The van der Waals surface area contributed by atoms with Crippen molar-refractivity contribution in [1.29, 1.82) is 5.26 Å². The number of nitrogens with two attached hydrogens (primary N) is 1. The number of nitrogens with one attached hydrogen (secondary N) is 1. The van der Waals surface area contributed by atoms with Gasteiger partial charge < -0.3 is 26.0 Å². The third kappa shape index (κ3) is 4.15. The average Bonchev–Trinajstić information content (AvgIpc) is 3.26. The zero-order valence-corrected chi connectivity index (χ0v) is 22.0. The fourth-order valence-electron chi connectivity index (χ4n) is 8.95. The molecule has 9 nitrogen and oxygen atoms in total. The van der Waals surface area contributed by atoms with E-state index in [1.54, 1.807) is 9.80 Å². The number of piperidine rings is 1. The van der Waals surface area contributed by atoms with Crippen LogP contribution in [0.15, 0.2) is 0 Å². The number of fused-ring (bicyclic) bond motifs is 1. The Bertz CT molecular complexity index is 1010.